The molecular formula is C19H22N4O2. The number of hydrogen-bond donors (Lipinski definition) is 2. The van der Waals surface area contributed by atoms with Gasteiger partial charge in [0.2, 0.25) is 0 Å². The fourth-order valence-corrected chi connectivity index (χ4v) is 3.57. The number of furan rings is 1. The Hall–Kier alpha value is -2.60. The molecule has 0 spiro atoms. The van der Waals surface area contributed by atoms with Crippen molar-refractivity contribution in [2.24, 2.45) is 5.10 Å². The number of nitrogens with zero attached hydrogens (tertiary/aromatic N) is 2. The number of likely N-dealkylation sites (tertiary alicyclic amines) is 1. The zero-order valence-corrected chi connectivity index (χ0v) is 14.6. The van der Waals surface area contributed by atoms with Crippen LogP contribution in [0.4, 0.5) is 0 Å². The van der Waals surface area contributed by atoms with Crippen molar-refractivity contribution in [3.63, 3.8) is 0 Å². The lowest BCUT2D eigenvalue weighted by molar-refractivity contribution is -0.116. The number of H-pyrrole nitrogens is 1. The highest BCUT2D eigenvalue weighted by atomic mass is 16.3. The molecule has 130 valence electrons. The summed E-state index contributed by atoms with van der Waals surface area (Å²) >= 11 is 0. The fourth-order valence-electron chi connectivity index (χ4n) is 3.57. The predicted octanol–water partition coefficient (Wildman–Crippen LogP) is 2.74. The van der Waals surface area contributed by atoms with E-state index in [0.29, 0.717) is 17.0 Å². The van der Waals surface area contributed by atoms with E-state index in [1.807, 2.05) is 6.08 Å². The quantitative estimate of drug-likeness (QED) is 0.842. The molecule has 1 saturated heterocycles. The number of aryl methyl sites for hydroxylation is 1. The second-order valence-corrected chi connectivity index (χ2v) is 6.69. The second-order valence-electron chi connectivity index (χ2n) is 6.69. The second kappa shape index (κ2) is 6.37. The number of carbonyl (C=O) groups is 1. The van der Waals surface area contributed by atoms with Crippen molar-refractivity contribution in [2.75, 3.05) is 13.1 Å². The van der Waals surface area contributed by atoms with Crippen LogP contribution in [0.25, 0.3) is 6.08 Å². The van der Waals surface area contributed by atoms with E-state index < -0.39 is 0 Å². The summed E-state index contributed by atoms with van der Waals surface area (Å²) in [6.45, 7) is 7.49. The molecule has 1 fully saturated rings. The minimum atomic E-state index is -0.209. The van der Waals surface area contributed by atoms with Gasteiger partial charge in [-0.3, -0.25) is 9.69 Å². The van der Waals surface area contributed by atoms with Gasteiger partial charge in [-0.2, -0.15) is 5.10 Å². The molecule has 6 heteroatoms. The van der Waals surface area contributed by atoms with E-state index in [2.05, 4.69) is 34.3 Å². The molecule has 6 nitrogen and oxygen atoms in total. The van der Waals surface area contributed by atoms with Gasteiger partial charge in [0.1, 0.15) is 5.71 Å². The first kappa shape index (κ1) is 15.9. The molecule has 0 aromatic carbocycles. The Balaban J connectivity index is 1.66. The van der Waals surface area contributed by atoms with Crippen molar-refractivity contribution in [3.8, 4) is 0 Å². The smallest absolute Gasteiger partial charge is 0.273 e. The maximum atomic E-state index is 12.2. The number of rotatable bonds is 4. The Morgan fingerprint density at radius 1 is 1.32 bits per heavy atom. The third-order valence-electron chi connectivity index (χ3n) is 5.02. The van der Waals surface area contributed by atoms with E-state index in [1.165, 1.54) is 24.0 Å². The van der Waals surface area contributed by atoms with Crippen LogP contribution in [0.5, 0.6) is 0 Å². The maximum Gasteiger partial charge on any atom is 0.273 e. The molecule has 0 radical (unpaired) electrons. The van der Waals surface area contributed by atoms with E-state index >= 15 is 0 Å². The van der Waals surface area contributed by atoms with Crippen LogP contribution >= 0.6 is 0 Å². The fraction of sp³-hybridized carbons (Fsp3) is 0.368. The lowest BCUT2D eigenvalue weighted by Gasteiger charge is -2.15. The van der Waals surface area contributed by atoms with Crippen LogP contribution in [0.1, 0.15) is 41.1 Å². The van der Waals surface area contributed by atoms with Gasteiger partial charge in [0, 0.05) is 17.9 Å². The number of nitrogens with one attached hydrogen (secondary N) is 2. The topological polar surface area (TPSA) is 73.6 Å². The zero-order chi connectivity index (χ0) is 17.4. The number of hydrogen-bond acceptors (Lipinski definition) is 4. The van der Waals surface area contributed by atoms with Crippen molar-refractivity contribution in [2.45, 2.75) is 33.2 Å². The van der Waals surface area contributed by atoms with Crippen molar-refractivity contribution >= 4 is 17.7 Å². The van der Waals surface area contributed by atoms with Crippen molar-refractivity contribution < 1.29 is 9.21 Å². The van der Waals surface area contributed by atoms with Crippen LogP contribution in [0.3, 0.4) is 0 Å². The van der Waals surface area contributed by atoms with E-state index in [4.69, 9.17) is 4.42 Å². The summed E-state index contributed by atoms with van der Waals surface area (Å²) in [5.74, 6) is 0.377. The first-order chi connectivity index (χ1) is 12.1. The number of hydrazone groups is 1. The lowest BCUT2D eigenvalue weighted by atomic mass is 10.0. The third kappa shape index (κ3) is 2.93. The van der Waals surface area contributed by atoms with Crippen LogP contribution < -0.4 is 5.43 Å². The van der Waals surface area contributed by atoms with Gasteiger partial charge in [0.15, 0.2) is 5.76 Å². The monoisotopic (exact) mass is 338 g/mol. The van der Waals surface area contributed by atoms with Crippen LogP contribution in [0.2, 0.25) is 0 Å². The molecule has 0 atom stereocenters. The summed E-state index contributed by atoms with van der Waals surface area (Å²) < 4.78 is 5.40. The molecule has 4 heterocycles. The number of carbonyl (C=O) groups excluding carboxylic acids is 1. The highest BCUT2D eigenvalue weighted by Gasteiger charge is 2.27. The van der Waals surface area contributed by atoms with E-state index in [1.54, 1.807) is 18.4 Å². The Morgan fingerprint density at radius 2 is 2.12 bits per heavy atom. The minimum absolute atomic E-state index is 0.209. The molecule has 0 unspecified atom stereocenters. The van der Waals surface area contributed by atoms with Crippen molar-refractivity contribution in [1.29, 1.82) is 0 Å². The van der Waals surface area contributed by atoms with Gasteiger partial charge in [0.25, 0.3) is 5.91 Å². The SMILES string of the molecule is Cc1[nH]c(/C=C2/C(=O)NN=C2c2ccco2)c(C)c1CN1CCCC1. The van der Waals surface area contributed by atoms with Crippen molar-refractivity contribution in [3.05, 3.63) is 52.2 Å². The standard InChI is InChI=1S/C19H22N4O2/c1-12-15(11-23-7-3-4-8-23)13(2)20-16(12)10-14-18(21-22-19(14)24)17-6-5-9-25-17/h5-6,9-10,20H,3-4,7-8,11H2,1-2H3,(H,22,24)/b14-10+. The van der Waals surface area contributed by atoms with Gasteiger partial charge in [-0.15, -0.1) is 0 Å². The van der Waals surface area contributed by atoms with Crippen LogP contribution in [-0.4, -0.2) is 34.6 Å². The molecule has 2 aliphatic heterocycles. The first-order valence-electron chi connectivity index (χ1n) is 8.68. The van der Waals surface area contributed by atoms with Gasteiger partial charge in [-0.1, -0.05) is 0 Å². The lowest BCUT2D eigenvalue weighted by Crippen LogP contribution is -2.19. The molecule has 0 aliphatic carbocycles. The molecule has 0 bridgehead atoms. The molecule has 25 heavy (non-hydrogen) atoms. The third-order valence-corrected chi connectivity index (χ3v) is 5.02. The van der Waals surface area contributed by atoms with Crippen molar-refractivity contribution in [1.82, 2.24) is 15.3 Å². The Bertz CT molecular complexity index is 852. The molecule has 1 amide bonds. The maximum absolute atomic E-state index is 12.2. The summed E-state index contributed by atoms with van der Waals surface area (Å²) in [6, 6.07) is 3.59. The molecule has 2 N–H and O–H groups in total. The number of amides is 1. The van der Waals surface area contributed by atoms with Gasteiger partial charge < -0.3 is 9.40 Å². The van der Waals surface area contributed by atoms with Gasteiger partial charge in [-0.05, 0) is 69.1 Å². The molecule has 2 aromatic heterocycles. The summed E-state index contributed by atoms with van der Waals surface area (Å²) in [5.41, 5.74) is 8.22. The van der Waals surface area contributed by atoms with Gasteiger partial charge in [0.05, 0.1) is 11.8 Å². The number of aromatic nitrogens is 1. The van der Waals surface area contributed by atoms with Gasteiger partial charge in [-0.25, -0.2) is 5.43 Å². The van der Waals surface area contributed by atoms with Crippen LogP contribution in [-0.2, 0) is 11.3 Å². The normalized spacial score (nSPS) is 19.7. The average molecular weight is 338 g/mol. The molecule has 2 aromatic rings. The van der Waals surface area contributed by atoms with E-state index in [9.17, 15) is 4.79 Å². The largest absolute Gasteiger partial charge is 0.463 e. The number of aromatic amines is 1. The summed E-state index contributed by atoms with van der Waals surface area (Å²) in [4.78, 5) is 18.1. The van der Waals surface area contributed by atoms with Crippen LogP contribution in [0, 0.1) is 13.8 Å². The molecular weight excluding hydrogens is 316 g/mol. The Kier molecular flexibility index (Phi) is 4.05. The molecule has 0 saturated carbocycles. The van der Waals surface area contributed by atoms with Gasteiger partial charge >= 0.3 is 0 Å². The van der Waals surface area contributed by atoms with E-state index in [-0.39, 0.29) is 5.91 Å². The van der Waals surface area contributed by atoms with E-state index in [0.717, 1.165) is 31.0 Å². The summed E-state index contributed by atoms with van der Waals surface area (Å²) in [7, 11) is 0. The molecule has 2 aliphatic rings. The highest BCUT2D eigenvalue weighted by Crippen LogP contribution is 2.25. The first-order valence-corrected chi connectivity index (χ1v) is 8.68. The highest BCUT2D eigenvalue weighted by molar-refractivity contribution is 6.32. The minimum Gasteiger partial charge on any atom is -0.463 e. The summed E-state index contributed by atoms with van der Waals surface area (Å²) in [5, 5.41) is 4.11. The average Bonchev–Trinajstić information content (AvgIpc) is 3.36. The summed E-state index contributed by atoms with van der Waals surface area (Å²) in [6.07, 6.45) is 6.01. The molecule has 4 rings (SSSR count). The predicted molar refractivity (Wildman–Crippen MR) is 96.1 cm³/mol. The Labute approximate surface area is 146 Å². The van der Waals surface area contributed by atoms with Crippen LogP contribution in [0.15, 0.2) is 33.5 Å². The Morgan fingerprint density at radius 3 is 2.84 bits per heavy atom. The zero-order valence-electron chi connectivity index (χ0n) is 14.6.